The average molecular weight is 308 g/mol. The molecule has 0 aliphatic rings. The number of rotatable bonds is 11. The van der Waals surface area contributed by atoms with Gasteiger partial charge in [0.1, 0.15) is 0 Å². The Morgan fingerprint density at radius 3 is 2.81 bits per heavy atom. The van der Waals surface area contributed by atoms with Crippen molar-refractivity contribution < 1.29 is 9.53 Å². The molecule has 0 bridgehead atoms. The minimum atomic E-state index is -0.339. The summed E-state index contributed by atoms with van der Waals surface area (Å²) in [5.41, 5.74) is 6.70. The van der Waals surface area contributed by atoms with Gasteiger partial charge in [-0.15, -0.1) is 11.8 Å². The summed E-state index contributed by atoms with van der Waals surface area (Å²) in [7, 11) is 0. The Labute approximate surface area is 131 Å². The third-order valence-electron chi connectivity index (χ3n) is 2.91. The summed E-state index contributed by atoms with van der Waals surface area (Å²) in [6.45, 7) is 4.83. The summed E-state index contributed by atoms with van der Waals surface area (Å²) in [6, 6.07) is 7.89. The van der Waals surface area contributed by atoms with Crippen LogP contribution >= 0.6 is 11.8 Å². The number of esters is 1. The number of nitrogens with two attached hydrogens (primary N) is 1. The molecule has 0 fully saturated rings. The van der Waals surface area contributed by atoms with E-state index in [1.54, 1.807) is 11.8 Å². The Bertz CT molecular complexity index is 438. The second kappa shape index (κ2) is 11.2. The minimum absolute atomic E-state index is 0.339. The van der Waals surface area contributed by atoms with Crippen molar-refractivity contribution >= 4 is 23.4 Å². The predicted octanol–water partition coefficient (Wildman–Crippen LogP) is 3.20. The van der Waals surface area contributed by atoms with E-state index in [2.05, 4.69) is 11.9 Å². The van der Waals surface area contributed by atoms with Gasteiger partial charge < -0.3 is 15.8 Å². The van der Waals surface area contributed by atoms with E-state index < -0.39 is 0 Å². The maximum Gasteiger partial charge on any atom is 0.330 e. The second-order valence-electron chi connectivity index (χ2n) is 4.61. The molecule has 0 aromatic heterocycles. The third kappa shape index (κ3) is 8.42. The van der Waals surface area contributed by atoms with Gasteiger partial charge in [0, 0.05) is 22.5 Å². The maximum atomic E-state index is 10.8. The van der Waals surface area contributed by atoms with Crippen LogP contribution in [0.3, 0.4) is 0 Å². The van der Waals surface area contributed by atoms with Crippen LogP contribution < -0.4 is 11.1 Å². The van der Waals surface area contributed by atoms with Crippen molar-refractivity contribution in [3.63, 3.8) is 0 Å². The number of unbranched alkanes of at least 4 members (excludes halogenated alkanes) is 3. The van der Waals surface area contributed by atoms with Gasteiger partial charge in [-0.1, -0.05) is 31.6 Å². The highest BCUT2D eigenvalue weighted by Gasteiger charge is 1.98. The number of nitrogens with one attached hydrogen (secondary N) is 1. The van der Waals surface area contributed by atoms with Crippen molar-refractivity contribution in [2.45, 2.75) is 30.6 Å². The molecule has 0 atom stereocenters. The van der Waals surface area contributed by atoms with E-state index in [1.165, 1.54) is 6.08 Å². The molecule has 1 rings (SSSR count). The van der Waals surface area contributed by atoms with Crippen molar-refractivity contribution in [3.05, 3.63) is 36.9 Å². The molecule has 0 saturated heterocycles. The zero-order chi connectivity index (χ0) is 15.3. The summed E-state index contributed by atoms with van der Waals surface area (Å²) < 4.78 is 4.91. The molecule has 0 spiro atoms. The first-order valence-electron chi connectivity index (χ1n) is 7.21. The van der Waals surface area contributed by atoms with Gasteiger partial charge in [-0.25, -0.2) is 4.79 Å². The van der Waals surface area contributed by atoms with Crippen LogP contribution in [-0.2, 0) is 9.53 Å². The Kier molecular flexibility index (Phi) is 9.40. The molecule has 5 heteroatoms. The highest BCUT2D eigenvalue weighted by atomic mass is 32.2. The summed E-state index contributed by atoms with van der Waals surface area (Å²) in [5, 5.41) is 3.39. The highest BCUT2D eigenvalue weighted by molar-refractivity contribution is 7.99. The average Bonchev–Trinajstić information content (AvgIpc) is 2.50. The number of anilines is 1. The smallest absolute Gasteiger partial charge is 0.330 e. The van der Waals surface area contributed by atoms with E-state index in [4.69, 9.17) is 10.5 Å². The van der Waals surface area contributed by atoms with Gasteiger partial charge in [0.15, 0.2) is 0 Å². The third-order valence-corrected chi connectivity index (χ3v) is 3.94. The SMILES string of the molecule is C=CC(=O)OCCCCCCNCSc1ccccc1N. The summed E-state index contributed by atoms with van der Waals surface area (Å²) >= 11 is 1.72. The molecule has 4 nitrogen and oxygen atoms in total. The van der Waals surface area contributed by atoms with Gasteiger partial charge in [-0.3, -0.25) is 0 Å². The Morgan fingerprint density at radius 1 is 1.29 bits per heavy atom. The maximum absolute atomic E-state index is 10.8. The topological polar surface area (TPSA) is 64.3 Å². The number of carbonyl (C=O) groups excluding carboxylic acids is 1. The van der Waals surface area contributed by atoms with Crippen molar-refractivity contribution in [2.75, 3.05) is 24.8 Å². The second-order valence-corrected chi connectivity index (χ2v) is 5.63. The first kappa shape index (κ1) is 17.6. The van der Waals surface area contributed by atoms with Gasteiger partial charge in [-0.05, 0) is 31.5 Å². The van der Waals surface area contributed by atoms with Crippen LogP contribution in [0.5, 0.6) is 0 Å². The van der Waals surface area contributed by atoms with Crippen molar-refractivity contribution in [3.8, 4) is 0 Å². The summed E-state index contributed by atoms with van der Waals surface area (Å²) in [5.74, 6) is 0.527. The number of benzene rings is 1. The number of thioether (sulfide) groups is 1. The molecule has 0 heterocycles. The Morgan fingerprint density at radius 2 is 2.05 bits per heavy atom. The van der Waals surface area contributed by atoms with Crippen LogP contribution in [0, 0.1) is 0 Å². The molecule has 0 saturated carbocycles. The van der Waals surface area contributed by atoms with E-state index in [1.807, 2.05) is 24.3 Å². The number of carbonyl (C=O) groups is 1. The van der Waals surface area contributed by atoms with Crippen LogP contribution in [0.1, 0.15) is 25.7 Å². The first-order chi connectivity index (χ1) is 10.2. The molecule has 0 aliphatic carbocycles. The lowest BCUT2D eigenvalue weighted by Crippen LogP contribution is -2.14. The lowest BCUT2D eigenvalue weighted by molar-refractivity contribution is -0.137. The van der Waals surface area contributed by atoms with Crippen molar-refractivity contribution in [1.82, 2.24) is 5.32 Å². The molecule has 1 aromatic rings. The van der Waals surface area contributed by atoms with E-state index in [0.717, 1.165) is 48.7 Å². The number of nitrogen functional groups attached to an aromatic ring is 1. The molecule has 0 aliphatic heterocycles. The van der Waals surface area contributed by atoms with E-state index >= 15 is 0 Å². The zero-order valence-corrected chi connectivity index (χ0v) is 13.2. The molecule has 1 aromatic carbocycles. The van der Waals surface area contributed by atoms with Crippen LogP contribution in [0.2, 0.25) is 0 Å². The fraction of sp³-hybridized carbons (Fsp3) is 0.438. The summed E-state index contributed by atoms with van der Waals surface area (Å²) in [4.78, 5) is 11.9. The predicted molar refractivity (Wildman–Crippen MR) is 89.2 cm³/mol. The minimum Gasteiger partial charge on any atom is -0.463 e. The molecule has 3 N–H and O–H groups in total. The van der Waals surface area contributed by atoms with Crippen LogP contribution in [0.15, 0.2) is 41.8 Å². The number of ether oxygens (including phenoxy) is 1. The fourth-order valence-electron chi connectivity index (χ4n) is 1.75. The van der Waals surface area contributed by atoms with Crippen molar-refractivity contribution in [1.29, 1.82) is 0 Å². The normalized spacial score (nSPS) is 10.3. The lowest BCUT2D eigenvalue weighted by Gasteiger charge is -2.07. The summed E-state index contributed by atoms with van der Waals surface area (Å²) in [6.07, 6.45) is 5.44. The van der Waals surface area contributed by atoms with Gasteiger partial charge in [0.25, 0.3) is 0 Å². The highest BCUT2D eigenvalue weighted by Crippen LogP contribution is 2.23. The number of hydrogen-bond donors (Lipinski definition) is 2. The zero-order valence-electron chi connectivity index (χ0n) is 12.3. The van der Waals surface area contributed by atoms with Gasteiger partial charge >= 0.3 is 5.97 Å². The lowest BCUT2D eigenvalue weighted by atomic mass is 10.2. The first-order valence-corrected chi connectivity index (χ1v) is 8.20. The molecule has 0 radical (unpaired) electrons. The van der Waals surface area contributed by atoms with Gasteiger partial charge in [-0.2, -0.15) is 0 Å². The van der Waals surface area contributed by atoms with E-state index in [-0.39, 0.29) is 5.97 Å². The quantitative estimate of drug-likeness (QED) is 0.164. The Balaban J connectivity index is 1.90. The largest absolute Gasteiger partial charge is 0.463 e. The van der Waals surface area contributed by atoms with Crippen molar-refractivity contribution in [2.24, 2.45) is 0 Å². The molecule has 0 amide bonds. The molecule has 21 heavy (non-hydrogen) atoms. The van der Waals surface area contributed by atoms with Gasteiger partial charge in [0.2, 0.25) is 0 Å². The number of para-hydroxylation sites is 1. The Hall–Kier alpha value is -1.46. The van der Waals surface area contributed by atoms with E-state index in [0.29, 0.717) is 6.61 Å². The molecule has 116 valence electrons. The van der Waals surface area contributed by atoms with Crippen LogP contribution in [-0.4, -0.2) is 25.0 Å². The standard InChI is InChI=1S/C16H24N2O2S/c1-2-16(19)20-12-8-4-3-7-11-18-13-21-15-10-6-5-9-14(15)17/h2,5-6,9-10,18H,1,3-4,7-8,11-13,17H2. The fourth-order valence-corrected chi connectivity index (χ4v) is 2.56. The molecule has 0 unspecified atom stereocenters. The van der Waals surface area contributed by atoms with E-state index in [9.17, 15) is 4.79 Å². The van der Waals surface area contributed by atoms with Gasteiger partial charge in [0.05, 0.1) is 6.61 Å². The van der Waals surface area contributed by atoms with Crippen LogP contribution in [0.4, 0.5) is 5.69 Å². The monoisotopic (exact) mass is 308 g/mol. The molecular formula is C16H24N2O2S. The number of hydrogen-bond acceptors (Lipinski definition) is 5. The molecular weight excluding hydrogens is 284 g/mol. The van der Waals surface area contributed by atoms with Crippen LogP contribution in [0.25, 0.3) is 0 Å².